The number of halogens is 1. The van der Waals surface area contributed by atoms with Crippen molar-refractivity contribution in [3.63, 3.8) is 0 Å². The average Bonchev–Trinajstić information content (AvgIpc) is 2.27. The van der Waals surface area contributed by atoms with E-state index >= 15 is 0 Å². The third kappa shape index (κ3) is 3.96. The molecule has 0 aromatic heterocycles. The number of hydrogen-bond donors (Lipinski definition) is 1. The first-order chi connectivity index (χ1) is 8.66. The molecule has 1 rings (SSSR count). The van der Waals surface area contributed by atoms with E-state index in [2.05, 4.69) is 36.7 Å². The SMILES string of the molecule is COc1c(Br)cc(C(C)(C)C)cc1CC(C)C(=O)O. The highest BCUT2D eigenvalue weighted by atomic mass is 79.9. The second-order valence-electron chi connectivity index (χ2n) is 5.84. The van der Waals surface area contributed by atoms with Gasteiger partial charge in [0.2, 0.25) is 0 Å². The van der Waals surface area contributed by atoms with E-state index in [1.165, 1.54) is 0 Å². The molecule has 1 aromatic carbocycles. The Balaban J connectivity index is 3.27. The Hall–Kier alpha value is -1.03. The van der Waals surface area contributed by atoms with E-state index in [4.69, 9.17) is 9.84 Å². The zero-order valence-corrected chi connectivity index (χ0v) is 13.7. The van der Waals surface area contributed by atoms with Gasteiger partial charge in [0.1, 0.15) is 5.75 Å². The number of hydrogen-bond acceptors (Lipinski definition) is 2. The summed E-state index contributed by atoms with van der Waals surface area (Å²) in [6.07, 6.45) is 0.459. The summed E-state index contributed by atoms with van der Waals surface area (Å²) in [5, 5.41) is 9.05. The van der Waals surface area contributed by atoms with Crippen molar-refractivity contribution in [3.8, 4) is 5.75 Å². The molecule has 0 bridgehead atoms. The molecule has 0 radical (unpaired) electrons. The fraction of sp³-hybridized carbons (Fsp3) is 0.533. The maximum Gasteiger partial charge on any atom is 0.306 e. The molecular weight excluding hydrogens is 308 g/mol. The van der Waals surface area contributed by atoms with Gasteiger partial charge in [0.25, 0.3) is 0 Å². The average molecular weight is 329 g/mol. The highest BCUT2D eigenvalue weighted by molar-refractivity contribution is 9.10. The maximum atomic E-state index is 11.0. The Bertz CT molecular complexity index is 475. The summed E-state index contributed by atoms with van der Waals surface area (Å²) in [7, 11) is 1.60. The first kappa shape index (κ1) is 16.0. The lowest BCUT2D eigenvalue weighted by Crippen LogP contribution is -2.15. The molecule has 4 heteroatoms. The summed E-state index contributed by atoms with van der Waals surface area (Å²) in [6.45, 7) is 8.10. The summed E-state index contributed by atoms with van der Waals surface area (Å²) in [5.41, 5.74) is 2.10. The molecule has 0 fully saturated rings. The molecule has 0 heterocycles. The molecule has 0 aliphatic heterocycles. The highest BCUT2D eigenvalue weighted by Crippen LogP contribution is 2.36. The van der Waals surface area contributed by atoms with Gasteiger partial charge in [-0.1, -0.05) is 33.8 Å². The lowest BCUT2D eigenvalue weighted by atomic mass is 9.85. The predicted octanol–water partition coefficient (Wildman–Crippen LogP) is 4.02. The number of benzene rings is 1. The number of aliphatic carboxylic acids is 1. The number of carbonyl (C=O) groups is 1. The van der Waals surface area contributed by atoms with Crippen LogP contribution in [0.4, 0.5) is 0 Å². The van der Waals surface area contributed by atoms with E-state index in [9.17, 15) is 4.79 Å². The summed E-state index contributed by atoms with van der Waals surface area (Å²) in [4.78, 5) is 11.0. The second kappa shape index (κ2) is 5.95. The van der Waals surface area contributed by atoms with Crippen molar-refractivity contribution >= 4 is 21.9 Å². The lowest BCUT2D eigenvalue weighted by molar-refractivity contribution is -0.141. The van der Waals surface area contributed by atoms with Gasteiger partial charge >= 0.3 is 5.97 Å². The van der Waals surface area contributed by atoms with Crippen LogP contribution in [0.3, 0.4) is 0 Å². The minimum Gasteiger partial charge on any atom is -0.495 e. The van der Waals surface area contributed by atoms with E-state index in [1.54, 1.807) is 14.0 Å². The molecule has 0 saturated heterocycles. The number of rotatable bonds is 4. The van der Waals surface area contributed by atoms with Crippen LogP contribution in [0.1, 0.15) is 38.8 Å². The molecule has 0 spiro atoms. The monoisotopic (exact) mass is 328 g/mol. The third-order valence-corrected chi connectivity index (χ3v) is 3.73. The van der Waals surface area contributed by atoms with Crippen molar-refractivity contribution in [1.82, 2.24) is 0 Å². The molecule has 1 atom stereocenters. The number of carboxylic acid groups (broad SMARTS) is 1. The normalized spacial score (nSPS) is 13.2. The number of carboxylic acids is 1. The van der Waals surface area contributed by atoms with Crippen molar-refractivity contribution in [2.75, 3.05) is 7.11 Å². The van der Waals surface area contributed by atoms with Crippen LogP contribution in [-0.4, -0.2) is 18.2 Å². The van der Waals surface area contributed by atoms with Crippen LogP contribution in [-0.2, 0) is 16.6 Å². The number of ether oxygens (including phenoxy) is 1. The quantitative estimate of drug-likeness (QED) is 0.907. The minimum atomic E-state index is -0.792. The molecule has 106 valence electrons. The van der Waals surface area contributed by atoms with Crippen LogP contribution in [0.15, 0.2) is 16.6 Å². The van der Waals surface area contributed by atoms with E-state index in [0.717, 1.165) is 21.3 Å². The summed E-state index contributed by atoms with van der Waals surface area (Å²) in [6, 6.07) is 4.08. The Labute approximate surface area is 123 Å². The van der Waals surface area contributed by atoms with Gasteiger partial charge in [-0.2, -0.15) is 0 Å². The summed E-state index contributed by atoms with van der Waals surface area (Å²) in [5.74, 6) is -0.503. The van der Waals surface area contributed by atoms with E-state index in [-0.39, 0.29) is 5.41 Å². The Morgan fingerprint density at radius 3 is 2.42 bits per heavy atom. The van der Waals surface area contributed by atoms with Crippen molar-refractivity contribution < 1.29 is 14.6 Å². The molecular formula is C15H21BrO3. The van der Waals surface area contributed by atoms with E-state index < -0.39 is 11.9 Å². The maximum absolute atomic E-state index is 11.0. The standard InChI is InChI=1S/C15H21BrO3/c1-9(14(17)18)6-10-7-11(15(2,3)4)8-12(16)13(10)19-5/h7-9H,6H2,1-5H3,(H,17,18). The molecule has 1 aromatic rings. The molecule has 0 saturated carbocycles. The van der Waals surface area contributed by atoms with Crippen LogP contribution in [0.2, 0.25) is 0 Å². The molecule has 0 aliphatic rings. The highest BCUT2D eigenvalue weighted by Gasteiger charge is 2.21. The van der Waals surface area contributed by atoms with E-state index in [0.29, 0.717) is 6.42 Å². The van der Waals surface area contributed by atoms with Gasteiger partial charge < -0.3 is 9.84 Å². The van der Waals surface area contributed by atoms with Crippen LogP contribution in [0.25, 0.3) is 0 Å². The molecule has 19 heavy (non-hydrogen) atoms. The number of methoxy groups -OCH3 is 1. The first-order valence-electron chi connectivity index (χ1n) is 6.26. The van der Waals surface area contributed by atoms with Gasteiger partial charge in [0.05, 0.1) is 17.5 Å². The summed E-state index contributed by atoms with van der Waals surface area (Å²) < 4.78 is 6.25. The van der Waals surface area contributed by atoms with Crippen LogP contribution in [0.5, 0.6) is 5.75 Å². The molecule has 0 aliphatic carbocycles. The molecule has 0 amide bonds. The first-order valence-corrected chi connectivity index (χ1v) is 7.05. The largest absolute Gasteiger partial charge is 0.495 e. The van der Waals surface area contributed by atoms with Crippen LogP contribution >= 0.6 is 15.9 Å². The second-order valence-corrected chi connectivity index (χ2v) is 6.70. The summed E-state index contributed by atoms with van der Waals surface area (Å²) >= 11 is 3.51. The Morgan fingerprint density at radius 2 is 2.00 bits per heavy atom. The van der Waals surface area contributed by atoms with E-state index in [1.807, 2.05) is 12.1 Å². The fourth-order valence-electron chi connectivity index (χ4n) is 1.88. The predicted molar refractivity (Wildman–Crippen MR) is 79.9 cm³/mol. The smallest absolute Gasteiger partial charge is 0.306 e. The van der Waals surface area contributed by atoms with Gasteiger partial charge in [0, 0.05) is 0 Å². The zero-order valence-electron chi connectivity index (χ0n) is 12.1. The van der Waals surface area contributed by atoms with Gasteiger partial charge in [0.15, 0.2) is 0 Å². The fourth-order valence-corrected chi connectivity index (χ4v) is 2.54. The Morgan fingerprint density at radius 1 is 1.42 bits per heavy atom. The van der Waals surface area contributed by atoms with Gasteiger partial charge in [-0.25, -0.2) is 0 Å². The molecule has 1 unspecified atom stereocenters. The van der Waals surface area contributed by atoms with Gasteiger partial charge in [-0.3, -0.25) is 4.79 Å². The third-order valence-electron chi connectivity index (χ3n) is 3.14. The van der Waals surface area contributed by atoms with Crippen molar-refractivity contribution in [2.45, 2.75) is 39.5 Å². The van der Waals surface area contributed by atoms with Gasteiger partial charge in [-0.05, 0) is 45.0 Å². The van der Waals surface area contributed by atoms with Gasteiger partial charge in [-0.15, -0.1) is 0 Å². The minimum absolute atomic E-state index is 0.00992. The van der Waals surface area contributed by atoms with Crippen molar-refractivity contribution in [3.05, 3.63) is 27.7 Å². The zero-order chi connectivity index (χ0) is 14.8. The Kier molecular flexibility index (Phi) is 5.02. The van der Waals surface area contributed by atoms with Crippen molar-refractivity contribution in [2.24, 2.45) is 5.92 Å². The van der Waals surface area contributed by atoms with Crippen LogP contribution < -0.4 is 4.74 Å². The van der Waals surface area contributed by atoms with Crippen LogP contribution in [0, 0.1) is 5.92 Å². The molecule has 3 nitrogen and oxygen atoms in total. The molecule has 1 N–H and O–H groups in total. The lowest BCUT2D eigenvalue weighted by Gasteiger charge is -2.22. The van der Waals surface area contributed by atoms with Crippen molar-refractivity contribution in [1.29, 1.82) is 0 Å². The topological polar surface area (TPSA) is 46.5 Å².